The summed E-state index contributed by atoms with van der Waals surface area (Å²) in [6, 6.07) is 21.5. The maximum Gasteiger partial charge on any atom is 0.317 e. The highest BCUT2D eigenvalue weighted by Gasteiger charge is 2.48. The van der Waals surface area contributed by atoms with Crippen LogP contribution in [0, 0.1) is 5.92 Å². The zero-order chi connectivity index (χ0) is 27.2. The van der Waals surface area contributed by atoms with E-state index < -0.39 is 33.4 Å². The van der Waals surface area contributed by atoms with Gasteiger partial charge in [-0.15, -0.1) is 0 Å². The molecule has 7 nitrogen and oxygen atoms in total. The monoisotopic (exact) mass is 534 g/mol. The van der Waals surface area contributed by atoms with E-state index in [1.54, 1.807) is 30.3 Å². The van der Waals surface area contributed by atoms with Crippen molar-refractivity contribution in [1.82, 2.24) is 4.98 Å². The summed E-state index contributed by atoms with van der Waals surface area (Å²) in [7, 11) is -3.88. The number of ether oxygens (including phenoxy) is 1. The van der Waals surface area contributed by atoms with Crippen LogP contribution >= 0.6 is 0 Å². The Hall–Kier alpha value is -3.52. The van der Waals surface area contributed by atoms with Gasteiger partial charge >= 0.3 is 5.97 Å². The summed E-state index contributed by atoms with van der Waals surface area (Å²) in [6.45, 7) is 3.94. The number of Topliss-reactive ketones (excluding diaryl/α,β-unsaturated/α-hetero) is 1. The zero-order valence-electron chi connectivity index (χ0n) is 21.8. The molecule has 3 unspecified atom stereocenters. The predicted molar refractivity (Wildman–Crippen MR) is 146 cm³/mol. The highest BCUT2D eigenvalue weighted by atomic mass is 32.2. The van der Waals surface area contributed by atoms with Gasteiger partial charge in [0.1, 0.15) is 11.5 Å². The Kier molecular flexibility index (Phi) is 8.62. The third kappa shape index (κ3) is 6.30. The first-order valence-electron chi connectivity index (χ1n) is 13.1. The molecule has 0 radical (unpaired) electrons. The number of pyridine rings is 1. The second-order valence-corrected chi connectivity index (χ2v) is 11.5. The number of aromatic nitrogens is 1. The van der Waals surface area contributed by atoms with Crippen molar-refractivity contribution in [2.24, 2.45) is 5.92 Å². The number of cyclic esters (lactones) is 1. The van der Waals surface area contributed by atoms with Crippen LogP contribution in [0.25, 0.3) is 0 Å². The lowest BCUT2D eigenvalue weighted by Crippen LogP contribution is -2.49. The molecule has 1 aliphatic heterocycles. The van der Waals surface area contributed by atoms with Crippen LogP contribution in [0.2, 0.25) is 0 Å². The van der Waals surface area contributed by atoms with Gasteiger partial charge in [-0.1, -0.05) is 68.8 Å². The van der Waals surface area contributed by atoms with Crippen molar-refractivity contribution in [1.29, 1.82) is 0 Å². The summed E-state index contributed by atoms with van der Waals surface area (Å²) in [5.74, 6) is -1.96. The first-order chi connectivity index (χ1) is 18.3. The lowest BCUT2D eigenvalue weighted by atomic mass is 9.74. The Morgan fingerprint density at radius 3 is 2.42 bits per heavy atom. The summed E-state index contributed by atoms with van der Waals surface area (Å²) in [4.78, 5) is 30.9. The molecule has 0 amide bonds. The molecule has 200 valence electrons. The van der Waals surface area contributed by atoms with Crippen molar-refractivity contribution in [3.63, 3.8) is 0 Å². The van der Waals surface area contributed by atoms with Crippen molar-refractivity contribution in [3.05, 3.63) is 90.1 Å². The number of sulfonamides is 1. The standard InChI is InChI=1S/C30H34N2O5S/c1-3-17-30(18-16-22-11-6-5-7-12-22)21-26(33)28(29(34)37-30)25(4-2)23-13-10-14-24(20-23)32-38(35,36)27-15-8-9-19-31-27/h5-15,19-20,25,28,32H,3-4,16-18,21H2,1-2H3. The van der Waals surface area contributed by atoms with E-state index in [1.165, 1.54) is 12.3 Å². The molecular formula is C30H34N2O5S. The van der Waals surface area contributed by atoms with Crippen molar-refractivity contribution < 1.29 is 22.7 Å². The lowest BCUT2D eigenvalue weighted by molar-refractivity contribution is -0.180. The van der Waals surface area contributed by atoms with Crippen LogP contribution in [0.5, 0.6) is 0 Å². The summed E-state index contributed by atoms with van der Waals surface area (Å²) >= 11 is 0. The number of aryl methyl sites for hydroxylation is 1. The van der Waals surface area contributed by atoms with Gasteiger partial charge in [0.25, 0.3) is 10.0 Å². The molecule has 8 heteroatoms. The van der Waals surface area contributed by atoms with Gasteiger partial charge < -0.3 is 4.74 Å². The number of hydrogen-bond acceptors (Lipinski definition) is 6. The number of anilines is 1. The minimum absolute atomic E-state index is 0.0914. The Balaban J connectivity index is 1.53. The quantitative estimate of drug-likeness (QED) is 0.251. The van der Waals surface area contributed by atoms with Gasteiger partial charge in [-0.05, 0) is 61.1 Å². The first kappa shape index (κ1) is 27.5. The fraction of sp³-hybridized carbons (Fsp3) is 0.367. The molecule has 3 aromatic rings. The predicted octanol–water partition coefficient (Wildman–Crippen LogP) is 5.68. The van der Waals surface area contributed by atoms with Gasteiger partial charge in [-0.2, -0.15) is 8.42 Å². The average Bonchev–Trinajstić information content (AvgIpc) is 2.91. The number of rotatable bonds is 11. The summed E-state index contributed by atoms with van der Waals surface area (Å²) in [6.07, 6.45) is 4.87. The molecule has 1 saturated heterocycles. The Morgan fingerprint density at radius 1 is 1.00 bits per heavy atom. The SMILES string of the molecule is CCCC1(CCc2ccccc2)CC(=O)C(C(CC)c2cccc(NS(=O)(=O)c3ccccn3)c2)C(=O)O1. The third-order valence-corrected chi connectivity index (χ3v) is 8.45. The van der Waals surface area contributed by atoms with E-state index in [0.717, 1.165) is 18.4 Å². The van der Waals surface area contributed by atoms with Crippen LogP contribution in [0.3, 0.4) is 0 Å². The number of carbonyl (C=O) groups excluding carboxylic acids is 2. The average molecular weight is 535 g/mol. The molecule has 0 spiro atoms. The minimum atomic E-state index is -3.88. The van der Waals surface area contributed by atoms with Crippen LogP contribution in [-0.2, 0) is 30.8 Å². The maximum atomic E-state index is 13.6. The molecule has 0 aliphatic carbocycles. The zero-order valence-corrected chi connectivity index (χ0v) is 22.6. The van der Waals surface area contributed by atoms with Crippen molar-refractivity contribution in [2.75, 3.05) is 4.72 Å². The van der Waals surface area contributed by atoms with Crippen LogP contribution < -0.4 is 4.72 Å². The number of esters is 1. The fourth-order valence-electron chi connectivity index (χ4n) is 5.35. The normalized spacial score (nSPS) is 20.5. The summed E-state index contributed by atoms with van der Waals surface area (Å²) < 4.78 is 34.2. The summed E-state index contributed by atoms with van der Waals surface area (Å²) in [5.41, 5.74) is 1.39. The van der Waals surface area contributed by atoms with Crippen LogP contribution in [-0.4, -0.2) is 30.8 Å². The number of ketones is 1. The smallest absolute Gasteiger partial charge is 0.317 e. The molecule has 1 aromatic heterocycles. The molecular weight excluding hydrogens is 500 g/mol. The number of benzene rings is 2. The Labute approximate surface area is 224 Å². The van der Waals surface area contributed by atoms with Crippen LogP contribution in [0.15, 0.2) is 84.0 Å². The Bertz CT molecular complexity index is 1340. The number of nitrogens with zero attached hydrogens (tertiary/aromatic N) is 1. The fourth-order valence-corrected chi connectivity index (χ4v) is 6.35. The second-order valence-electron chi connectivity index (χ2n) is 9.87. The molecule has 0 saturated carbocycles. The highest BCUT2D eigenvalue weighted by molar-refractivity contribution is 7.92. The molecule has 1 aliphatic rings. The number of nitrogens with one attached hydrogen (secondary N) is 1. The van der Waals surface area contributed by atoms with E-state index in [0.29, 0.717) is 30.5 Å². The topological polar surface area (TPSA) is 102 Å². The van der Waals surface area contributed by atoms with E-state index in [-0.39, 0.29) is 17.2 Å². The van der Waals surface area contributed by atoms with E-state index in [1.807, 2.05) is 50.2 Å². The molecule has 38 heavy (non-hydrogen) atoms. The molecule has 2 heterocycles. The lowest BCUT2D eigenvalue weighted by Gasteiger charge is -2.40. The molecule has 1 N–H and O–H groups in total. The summed E-state index contributed by atoms with van der Waals surface area (Å²) in [5, 5.41) is -0.0914. The highest BCUT2D eigenvalue weighted by Crippen LogP contribution is 2.41. The van der Waals surface area contributed by atoms with Gasteiger partial charge in [0, 0.05) is 24.2 Å². The van der Waals surface area contributed by atoms with E-state index >= 15 is 0 Å². The minimum Gasteiger partial charge on any atom is -0.458 e. The van der Waals surface area contributed by atoms with Crippen molar-refractivity contribution in [2.45, 2.75) is 68.9 Å². The van der Waals surface area contributed by atoms with E-state index in [9.17, 15) is 18.0 Å². The first-order valence-corrected chi connectivity index (χ1v) is 14.6. The van der Waals surface area contributed by atoms with Crippen LogP contribution in [0.1, 0.15) is 63.0 Å². The molecule has 4 rings (SSSR count). The number of hydrogen-bond donors (Lipinski definition) is 1. The van der Waals surface area contributed by atoms with Crippen LogP contribution in [0.4, 0.5) is 5.69 Å². The molecule has 1 fully saturated rings. The maximum absolute atomic E-state index is 13.6. The van der Waals surface area contributed by atoms with E-state index in [2.05, 4.69) is 9.71 Å². The molecule has 2 aromatic carbocycles. The Morgan fingerprint density at radius 2 is 1.76 bits per heavy atom. The van der Waals surface area contributed by atoms with Gasteiger partial charge in [-0.3, -0.25) is 14.3 Å². The second kappa shape index (κ2) is 11.9. The van der Waals surface area contributed by atoms with Gasteiger partial charge in [0.2, 0.25) is 0 Å². The van der Waals surface area contributed by atoms with Gasteiger partial charge in [0.15, 0.2) is 10.8 Å². The number of carbonyl (C=O) groups is 2. The molecule has 3 atom stereocenters. The largest absolute Gasteiger partial charge is 0.458 e. The van der Waals surface area contributed by atoms with Crippen molar-refractivity contribution >= 4 is 27.5 Å². The van der Waals surface area contributed by atoms with E-state index in [4.69, 9.17) is 4.74 Å². The third-order valence-electron chi connectivity index (χ3n) is 7.15. The van der Waals surface area contributed by atoms with Gasteiger partial charge in [0.05, 0.1) is 0 Å². The van der Waals surface area contributed by atoms with Crippen molar-refractivity contribution in [3.8, 4) is 0 Å². The molecule has 0 bridgehead atoms. The van der Waals surface area contributed by atoms with Gasteiger partial charge in [-0.25, -0.2) is 4.98 Å².